The Labute approximate surface area is 236 Å². The van der Waals surface area contributed by atoms with Gasteiger partial charge in [-0.1, -0.05) is 43.3 Å². The summed E-state index contributed by atoms with van der Waals surface area (Å²) in [7, 11) is -0.789. The lowest BCUT2D eigenvalue weighted by molar-refractivity contribution is -0.132. The maximum Gasteiger partial charge on any atom is 0.243 e. The average Bonchev–Trinajstić information content (AvgIpc) is 3.50. The van der Waals surface area contributed by atoms with Gasteiger partial charge in [0, 0.05) is 12.6 Å². The van der Waals surface area contributed by atoms with Crippen LogP contribution in [-0.4, -0.2) is 56.9 Å². The number of amides is 1. The minimum absolute atomic E-state index is 0.169. The molecule has 40 heavy (non-hydrogen) atoms. The first-order valence-electron chi connectivity index (χ1n) is 13.3. The molecule has 0 aliphatic carbocycles. The molecule has 0 spiro atoms. The van der Waals surface area contributed by atoms with Crippen molar-refractivity contribution in [2.24, 2.45) is 0 Å². The highest BCUT2D eigenvalue weighted by atomic mass is 32.2. The molecule has 4 rings (SSSR count). The molecule has 0 saturated carbocycles. The predicted octanol–water partition coefficient (Wildman–Crippen LogP) is 5.51. The second-order valence-corrected chi connectivity index (χ2v) is 11.5. The van der Waals surface area contributed by atoms with Gasteiger partial charge in [-0.2, -0.15) is 4.31 Å². The van der Waals surface area contributed by atoms with Gasteiger partial charge in [-0.05, 0) is 72.5 Å². The molecule has 0 saturated heterocycles. The van der Waals surface area contributed by atoms with E-state index in [0.29, 0.717) is 36.6 Å². The van der Waals surface area contributed by atoms with Crippen molar-refractivity contribution >= 4 is 26.7 Å². The SMILES string of the molecule is CC[C@H](C)N(CC(=O)N(CCc1ccc(OC)c(OC)c1)Cc1ccco1)S(=O)(=O)c1ccc2ccccc2c1. The van der Waals surface area contributed by atoms with Crippen LogP contribution in [0.3, 0.4) is 0 Å². The molecule has 1 amide bonds. The summed E-state index contributed by atoms with van der Waals surface area (Å²) in [5, 5.41) is 1.78. The molecule has 0 aliphatic rings. The number of rotatable bonds is 13. The Morgan fingerprint density at radius 1 is 0.925 bits per heavy atom. The third kappa shape index (κ3) is 6.66. The van der Waals surface area contributed by atoms with E-state index in [9.17, 15) is 13.2 Å². The summed E-state index contributed by atoms with van der Waals surface area (Å²) in [6.45, 7) is 4.04. The molecule has 0 unspecified atom stereocenters. The Hall–Kier alpha value is -3.82. The van der Waals surface area contributed by atoms with Crippen molar-refractivity contribution in [2.75, 3.05) is 27.3 Å². The minimum atomic E-state index is -3.95. The van der Waals surface area contributed by atoms with Crippen molar-refractivity contribution in [3.05, 3.63) is 90.4 Å². The Morgan fingerprint density at radius 2 is 1.68 bits per heavy atom. The molecule has 0 bridgehead atoms. The smallest absolute Gasteiger partial charge is 0.243 e. The molecule has 0 N–H and O–H groups in total. The molecule has 4 aromatic rings. The average molecular weight is 565 g/mol. The second-order valence-electron chi connectivity index (χ2n) is 9.65. The number of ether oxygens (including phenoxy) is 2. The van der Waals surface area contributed by atoms with Crippen LogP contribution in [0.2, 0.25) is 0 Å². The lowest BCUT2D eigenvalue weighted by Crippen LogP contribution is -2.46. The molecule has 9 heteroatoms. The molecular formula is C31H36N2O6S. The number of furan rings is 1. The minimum Gasteiger partial charge on any atom is -0.493 e. The maximum atomic E-state index is 13.9. The van der Waals surface area contributed by atoms with Crippen LogP contribution in [0, 0.1) is 0 Å². The quantitative estimate of drug-likeness (QED) is 0.213. The zero-order valence-corrected chi connectivity index (χ0v) is 24.2. The van der Waals surface area contributed by atoms with E-state index in [1.807, 2.05) is 56.3 Å². The molecule has 212 valence electrons. The van der Waals surface area contributed by atoms with E-state index in [2.05, 4.69) is 0 Å². The Balaban J connectivity index is 1.59. The van der Waals surface area contributed by atoms with Gasteiger partial charge in [-0.15, -0.1) is 0 Å². The number of benzene rings is 3. The molecule has 1 aromatic heterocycles. The fourth-order valence-electron chi connectivity index (χ4n) is 4.56. The highest BCUT2D eigenvalue weighted by Crippen LogP contribution is 2.28. The van der Waals surface area contributed by atoms with Crippen LogP contribution < -0.4 is 9.47 Å². The lowest BCUT2D eigenvalue weighted by atomic mass is 10.1. The van der Waals surface area contributed by atoms with Crippen LogP contribution in [-0.2, 0) is 27.8 Å². The molecule has 8 nitrogen and oxygen atoms in total. The zero-order chi connectivity index (χ0) is 28.7. The van der Waals surface area contributed by atoms with E-state index in [4.69, 9.17) is 13.9 Å². The van der Waals surface area contributed by atoms with Crippen LogP contribution >= 0.6 is 0 Å². The monoisotopic (exact) mass is 564 g/mol. The van der Waals surface area contributed by atoms with Gasteiger partial charge in [0.1, 0.15) is 5.76 Å². The number of carbonyl (C=O) groups is 1. The number of nitrogens with zero attached hydrogens (tertiary/aromatic N) is 2. The van der Waals surface area contributed by atoms with E-state index in [1.165, 1.54) is 4.31 Å². The molecule has 3 aromatic carbocycles. The first kappa shape index (κ1) is 29.2. The normalized spacial score (nSPS) is 12.4. The molecule has 1 heterocycles. The summed E-state index contributed by atoms with van der Waals surface area (Å²) in [5.41, 5.74) is 0.956. The number of hydrogen-bond donors (Lipinski definition) is 0. The van der Waals surface area contributed by atoms with Gasteiger partial charge in [0.25, 0.3) is 0 Å². The Kier molecular flexibility index (Phi) is 9.50. The number of methoxy groups -OCH3 is 2. The summed E-state index contributed by atoms with van der Waals surface area (Å²) in [6.07, 6.45) is 2.65. The van der Waals surface area contributed by atoms with Crippen LogP contribution in [0.1, 0.15) is 31.6 Å². The van der Waals surface area contributed by atoms with Gasteiger partial charge in [0.15, 0.2) is 11.5 Å². The summed E-state index contributed by atoms with van der Waals surface area (Å²) in [5.74, 6) is 1.54. The van der Waals surface area contributed by atoms with Gasteiger partial charge in [0.2, 0.25) is 15.9 Å². The van der Waals surface area contributed by atoms with Crippen molar-refractivity contribution in [1.29, 1.82) is 0 Å². The van der Waals surface area contributed by atoms with Crippen LogP contribution in [0.25, 0.3) is 10.8 Å². The fraction of sp³-hybridized carbons (Fsp3) is 0.323. The van der Waals surface area contributed by atoms with Gasteiger partial charge in [-0.25, -0.2) is 8.42 Å². The van der Waals surface area contributed by atoms with Gasteiger partial charge < -0.3 is 18.8 Å². The van der Waals surface area contributed by atoms with Crippen LogP contribution in [0.15, 0.2) is 88.4 Å². The van der Waals surface area contributed by atoms with Gasteiger partial charge in [0.05, 0.1) is 38.5 Å². The van der Waals surface area contributed by atoms with Crippen molar-refractivity contribution in [3.8, 4) is 11.5 Å². The highest BCUT2D eigenvalue weighted by molar-refractivity contribution is 7.89. The van der Waals surface area contributed by atoms with E-state index in [-0.39, 0.29) is 29.9 Å². The lowest BCUT2D eigenvalue weighted by Gasteiger charge is -2.30. The van der Waals surface area contributed by atoms with E-state index in [0.717, 1.165) is 16.3 Å². The Morgan fingerprint density at radius 3 is 2.35 bits per heavy atom. The second kappa shape index (κ2) is 13.0. The summed E-state index contributed by atoms with van der Waals surface area (Å²) < 4.78 is 45.3. The first-order valence-corrected chi connectivity index (χ1v) is 14.7. The molecular weight excluding hydrogens is 528 g/mol. The van der Waals surface area contributed by atoms with Crippen molar-refractivity contribution < 1.29 is 27.1 Å². The summed E-state index contributed by atoms with van der Waals surface area (Å²) in [6, 6.07) is 21.5. The molecule has 0 fully saturated rings. The summed E-state index contributed by atoms with van der Waals surface area (Å²) >= 11 is 0. The van der Waals surface area contributed by atoms with Gasteiger partial charge in [-0.3, -0.25) is 4.79 Å². The molecule has 0 aliphatic heterocycles. The topological polar surface area (TPSA) is 89.3 Å². The highest BCUT2D eigenvalue weighted by Gasteiger charge is 2.32. The van der Waals surface area contributed by atoms with Crippen molar-refractivity contribution in [1.82, 2.24) is 9.21 Å². The van der Waals surface area contributed by atoms with Crippen molar-refractivity contribution in [3.63, 3.8) is 0 Å². The number of carbonyl (C=O) groups excluding carboxylic acids is 1. The van der Waals surface area contributed by atoms with Gasteiger partial charge >= 0.3 is 0 Å². The maximum absolute atomic E-state index is 13.9. The van der Waals surface area contributed by atoms with E-state index in [1.54, 1.807) is 55.7 Å². The number of sulfonamides is 1. The van der Waals surface area contributed by atoms with Crippen LogP contribution in [0.4, 0.5) is 0 Å². The zero-order valence-electron chi connectivity index (χ0n) is 23.4. The van der Waals surface area contributed by atoms with Crippen molar-refractivity contribution in [2.45, 2.75) is 44.2 Å². The van der Waals surface area contributed by atoms with E-state index < -0.39 is 10.0 Å². The molecule has 1 atom stereocenters. The Bertz CT molecular complexity index is 1530. The molecule has 0 radical (unpaired) electrons. The first-order chi connectivity index (χ1) is 19.3. The van der Waals surface area contributed by atoms with Crippen LogP contribution in [0.5, 0.6) is 11.5 Å². The standard InChI is InChI=1S/C31H36N2O6S/c1-5-23(2)33(40(35,36)28-14-13-25-9-6-7-10-26(25)20-28)22-31(34)32(21-27-11-8-18-39-27)17-16-24-12-15-29(37-3)30(19-24)38-4/h6-15,18-20,23H,5,16-17,21-22H2,1-4H3/t23-/m0/s1. The van der Waals surface area contributed by atoms with E-state index >= 15 is 0 Å². The number of hydrogen-bond acceptors (Lipinski definition) is 6. The third-order valence-electron chi connectivity index (χ3n) is 7.10. The summed E-state index contributed by atoms with van der Waals surface area (Å²) in [4.78, 5) is 15.6. The predicted molar refractivity (Wildman–Crippen MR) is 155 cm³/mol. The fourth-order valence-corrected chi connectivity index (χ4v) is 6.25. The largest absolute Gasteiger partial charge is 0.493 e. The third-order valence-corrected chi connectivity index (χ3v) is 9.06. The number of fused-ring (bicyclic) bond motifs is 1.